The number of rotatable bonds is 6. The Balaban J connectivity index is 1.57. The number of nitrogens with zero attached hydrogens (tertiary/aromatic N) is 3. The van der Waals surface area contributed by atoms with Gasteiger partial charge in [-0.2, -0.15) is 5.26 Å². The minimum atomic E-state index is -0.254. The van der Waals surface area contributed by atoms with E-state index in [2.05, 4.69) is 11.9 Å². The van der Waals surface area contributed by atoms with Gasteiger partial charge in [0.05, 0.1) is 21.7 Å². The number of carbonyl (C=O) groups is 1. The number of hydrogen-bond acceptors (Lipinski definition) is 6. The third kappa shape index (κ3) is 4.40. The Morgan fingerprint density at radius 1 is 1.42 bits per heavy atom. The van der Waals surface area contributed by atoms with E-state index in [1.165, 1.54) is 22.7 Å². The molecule has 1 aromatic carbocycles. The van der Waals surface area contributed by atoms with E-state index in [1.807, 2.05) is 6.07 Å². The molecule has 158 valence electrons. The first-order chi connectivity index (χ1) is 15.0. The number of thioether (sulfide) groups is 1. The van der Waals surface area contributed by atoms with Crippen molar-refractivity contribution in [3.8, 4) is 6.07 Å². The van der Waals surface area contributed by atoms with Crippen molar-refractivity contribution in [3.05, 3.63) is 62.2 Å². The van der Waals surface area contributed by atoms with Crippen molar-refractivity contribution in [3.63, 3.8) is 0 Å². The molecule has 9 heteroatoms. The first-order valence-electron chi connectivity index (χ1n) is 9.80. The van der Waals surface area contributed by atoms with E-state index in [-0.39, 0.29) is 22.2 Å². The van der Waals surface area contributed by atoms with Gasteiger partial charge in [0.25, 0.3) is 5.56 Å². The Labute approximate surface area is 192 Å². The molecule has 1 aliphatic carbocycles. The molecular weight excluding hydrogens is 452 g/mol. The second-order valence-electron chi connectivity index (χ2n) is 7.13. The maximum absolute atomic E-state index is 13.2. The van der Waals surface area contributed by atoms with Gasteiger partial charge in [0, 0.05) is 17.1 Å². The number of nitrogens with one attached hydrogen (secondary N) is 1. The highest BCUT2D eigenvalue weighted by Gasteiger charge is 2.22. The van der Waals surface area contributed by atoms with Crippen LogP contribution in [0.4, 0.5) is 5.69 Å². The first-order valence-corrected chi connectivity index (χ1v) is 12.0. The largest absolute Gasteiger partial charge is 0.325 e. The molecule has 0 radical (unpaired) electrons. The van der Waals surface area contributed by atoms with Gasteiger partial charge in [-0.1, -0.05) is 29.4 Å². The zero-order valence-corrected chi connectivity index (χ0v) is 19.0. The van der Waals surface area contributed by atoms with Crippen molar-refractivity contribution in [2.75, 3.05) is 11.1 Å². The number of hydrogen-bond donors (Lipinski definition) is 1. The number of carbonyl (C=O) groups excluding carboxylic acids is 1. The van der Waals surface area contributed by atoms with Crippen LogP contribution in [0.25, 0.3) is 10.2 Å². The zero-order valence-electron chi connectivity index (χ0n) is 16.6. The molecule has 2 heterocycles. The monoisotopic (exact) mass is 470 g/mol. The maximum atomic E-state index is 13.2. The third-order valence-corrected chi connectivity index (χ3v) is 7.53. The predicted molar refractivity (Wildman–Crippen MR) is 126 cm³/mol. The number of thiophene rings is 1. The summed E-state index contributed by atoms with van der Waals surface area (Å²) in [5.74, 6) is -0.173. The predicted octanol–water partition coefficient (Wildman–Crippen LogP) is 4.78. The normalized spacial score (nSPS) is 12.9. The second-order valence-corrected chi connectivity index (χ2v) is 9.57. The summed E-state index contributed by atoms with van der Waals surface area (Å²) in [6.07, 6.45) is 5.81. The van der Waals surface area contributed by atoms with E-state index < -0.39 is 0 Å². The molecule has 31 heavy (non-hydrogen) atoms. The van der Waals surface area contributed by atoms with E-state index in [1.54, 1.807) is 34.1 Å². The zero-order chi connectivity index (χ0) is 22.0. The van der Waals surface area contributed by atoms with Gasteiger partial charge in [-0.05, 0) is 49.4 Å². The molecule has 0 aliphatic heterocycles. The van der Waals surface area contributed by atoms with Crippen molar-refractivity contribution in [2.24, 2.45) is 0 Å². The number of amides is 1. The lowest BCUT2D eigenvalue weighted by Gasteiger charge is -2.12. The first kappa shape index (κ1) is 21.6. The highest BCUT2D eigenvalue weighted by molar-refractivity contribution is 7.99. The average molecular weight is 471 g/mol. The second kappa shape index (κ2) is 9.27. The van der Waals surface area contributed by atoms with Crippen LogP contribution < -0.4 is 10.9 Å². The summed E-state index contributed by atoms with van der Waals surface area (Å²) in [7, 11) is 0. The Kier molecular flexibility index (Phi) is 6.46. The molecule has 1 N–H and O–H groups in total. The Hall–Kier alpha value is -2.60. The molecule has 1 amide bonds. The van der Waals surface area contributed by atoms with Crippen molar-refractivity contribution in [1.82, 2.24) is 9.55 Å². The lowest BCUT2D eigenvalue weighted by Crippen LogP contribution is -2.24. The van der Waals surface area contributed by atoms with Gasteiger partial charge < -0.3 is 5.32 Å². The lowest BCUT2D eigenvalue weighted by molar-refractivity contribution is -0.113. The van der Waals surface area contributed by atoms with Crippen LogP contribution >= 0.6 is 34.7 Å². The number of halogens is 1. The van der Waals surface area contributed by atoms with Gasteiger partial charge >= 0.3 is 0 Å². The van der Waals surface area contributed by atoms with Crippen LogP contribution in [0.1, 0.15) is 28.8 Å². The van der Waals surface area contributed by atoms with E-state index in [0.717, 1.165) is 41.5 Å². The third-order valence-electron chi connectivity index (χ3n) is 5.06. The summed E-state index contributed by atoms with van der Waals surface area (Å²) < 4.78 is 1.59. The Morgan fingerprint density at radius 2 is 2.23 bits per heavy atom. The molecule has 2 aromatic heterocycles. The van der Waals surface area contributed by atoms with Crippen LogP contribution in [-0.4, -0.2) is 21.2 Å². The van der Waals surface area contributed by atoms with E-state index in [0.29, 0.717) is 23.0 Å². The minimum Gasteiger partial charge on any atom is -0.325 e. The maximum Gasteiger partial charge on any atom is 0.263 e. The van der Waals surface area contributed by atoms with Gasteiger partial charge in [-0.3, -0.25) is 14.2 Å². The van der Waals surface area contributed by atoms with Crippen LogP contribution in [0.5, 0.6) is 0 Å². The summed E-state index contributed by atoms with van der Waals surface area (Å²) in [5.41, 5.74) is 1.94. The average Bonchev–Trinajstić information content (AvgIpc) is 3.13. The molecule has 0 saturated carbocycles. The number of anilines is 1. The molecule has 0 fully saturated rings. The van der Waals surface area contributed by atoms with Gasteiger partial charge in [0.15, 0.2) is 5.16 Å². The summed E-state index contributed by atoms with van der Waals surface area (Å²) in [4.78, 5) is 32.4. The molecule has 0 spiro atoms. The fourth-order valence-electron chi connectivity index (χ4n) is 3.63. The number of aromatic nitrogens is 2. The van der Waals surface area contributed by atoms with Crippen LogP contribution in [-0.2, 0) is 24.2 Å². The topological polar surface area (TPSA) is 87.8 Å². The summed E-state index contributed by atoms with van der Waals surface area (Å²) in [5, 5.41) is 13.2. The quantitative estimate of drug-likeness (QED) is 0.318. The summed E-state index contributed by atoms with van der Waals surface area (Å²) in [6.45, 7) is 4.09. The lowest BCUT2D eigenvalue weighted by atomic mass is 9.97. The molecule has 0 atom stereocenters. The Bertz CT molecular complexity index is 1290. The molecule has 3 aromatic rings. The molecule has 0 unspecified atom stereocenters. The number of nitriles is 1. The van der Waals surface area contributed by atoms with Crippen LogP contribution in [0.3, 0.4) is 0 Å². The van der Waals surface area contributed by atoms with Crippen LogP contribution in [0.2, 0.25) is 5.02 Å². The van der Waals surface area contributed by atoms with E-state index in [9.17, 15) is 9.59 Å². The van der Waals surface area contributed by atoms with Crippen molar-refractivity contribution in [1.29, 1.82) is 5.26 Å². The van der Waals surface area contributed by atoms with Crippen LogP contribution in [0, 0.1) is 11.3 Å². The van der Waals surface area contributed by atoms with E-state index >= 15 is 0 Å². The summed E-state index contributed by atoms with van der Waals surface area (Å²) >= 11 is 8.83. The van der Waals surface area contributed by atoms with Gasteiger partial charge in [0.1, 0.15) is 10.9 Å². The minimum absolute atomic E-state index is 0.0638. The highest BCUT2D eigenvalue weighted by Crippen LogP contribution is 2.34. The Morgan fingerprint density at radius 3 is 2.97 bits per heavy atom. The fourth-order valence-corrected chi connectivity index (χ4v) is 5.96. The van der Waals surface area contributed by atoms with E-state index in [4.69, 9.17) is 21.8 Å². The molecule has 0 saturated heterocycles. The van der Waals surface area contributed by atoms with Crippen molar-refractivity contribution < 1.29 is 4.79 Å². The number of allylic oxidation sites excluding steroid dienone is 1. The smallest absolute Gasteiger partial charge is 0.263 e. The molecule has 1 aliphatic rings. The standard InChI is InChI=1S/C22H19ClN4O2S2/c1-2-9-27-21(29)19-15-5-3-4-6-17(15)31-20(19)26-22(27)30-12-18(28)25-14-8-7-13(11-24)16(23)10-14/h2,7-8,10H,1,3-6,9,12H2,(H,25,28). The summed E-state index contributed by atoms with van der Waals surface area (Å²) in [6, 6.07) is 6.70. The SMILES string of the molecule is C=CCn1c(SCC(=O)Nc2ccc(C#N)c(Cl)c2)nc2sc3c(c2c1=O)CCCC3. The van der Waals surface area contributed by atoms with Crippen molar-refractivity contribution in [2.45, 2.75) is 37.4 Å². The van der Waals surface area contributed by atoms with Gasteiger partial charge in [-0.15, -0.1) is 17.9 Å². The molecule has 4 rings (SSSR count). The highest BCUT2D eigenvalue weighted by atomic mass is 35.5. The molecule has 0 bridgehead atoms. The molecule has 6 nitrogen and oxygen atoms in total. The van der Waals surface area contributed by atoms with Crippen molar-refractivity contribution >= 4 is 56.5 Å². The number of aryl methyl sites for hydroxylation is 2. The fraction of sp³-hybridized carbons (Fsp3) is 0.273. The number of benzene rings is 1. The van der Waals surface area contributed by atoms with Gasteiger partial charge in [0.2, 0.25) is 5.91 Å². The van der Waals surface area contributed by atoms with Crippen LogP contribution in [0.15, 0.2) is 40.8 Å². The van der Waals surface area contributed by atoms with Gasteiger partial charge in [-0.25, -0.2) is 4.98 Å². The number of fused-ring (bicyclic) bond motifs is 3. The molecular formula is C22H19ClN4O2S2.